The molecule has 1 aliphatic heterocycles. The van der Waals surface area contributed by atoms with E-state index in [0.717, 1.165) is 18.6 Å². The van der Waals surface area contributed by atoms with Crippen molar-refractivity contribution in [3.8, 4) is 0 Å². The summed E-state index contributed by atoms with van der Waals surface area (Å²) in [4.78, 5) is 0. The Morgan fingerprint density at radius 3 is 2.45 bits per heavy atom. The van der Waals surface area contributed by atoms with Crippen molar-refractivity contribution in [3.05, 3.63) is 35.4 Å². The van der Waals surface area contributed by atoms with Crippen LogP contribution in [0.1, 0.15) is 63.9 Å². The largest absolute Gasteiger partial charge is 0.348 e. The lowest BCUT2D eigenvalue weighted by molar-refractivity contribution is -0.236. The molecule has 1 aliphatic rings. The first-order valence-electron chi connectivity index (χ1n) is 8.10. The lowest BCUT2D eigenvalue weighted by Crippen LogP contribution is -2.33. The summed E-state index contributed by atoms with van der Waals surface area (Å²) in [6, 6.07) is 8.75. The monoisotopic (exact) mass is 276 g/mol. The van der Waals surface area contributed by atoms with E-state index in [1.165, 1.54) is 31.2 Å². The second-order valence-corrected chi connectivity index (χ2v) is 5.87. The van der Waals surface area contributed by atoms with Gasteiger partial charge in [-0.05, 0) is 31.7 Å². The minimum atomic E-state index is -0.183. The van der Waals surface area contributed by atoms with Crippen molar-refractivity contribution < 1.29 is 9.47 Å². The second kappa shape index (κ2) is 7.80. The minimum Gasteiger partial charge on any atom is -0.348 e. The van der Waals surface area contributed by atoms with Crippen molar-refractivity contribution in [2.45, 2.75) is 65.3 Å². The third-order valence-electron chi connectivity index (χ3n) is 4.31. The molecule has 0 amide bonds. The predicted molar refractivity (Wildman–Crippen MR) is 82.7 cm³/mol. The van der Waals surface area contributed by atoms with Gasteiger partial charge in [-0.1, -0.05) is 51.0 Å². The van der Waals surface area contributed by atoms with Crippen LogP contribution in [0.5, 0.6) is 0 Å². The van der Waals surface area contributed by atoms with E-state index in [2.05, 4.69) is 45.0 Å². The SMILES string of the molecule is CCCCCc1ccc(C2OCC(CC)C(C)O2)cc1. The van der Waals surface area contributed by atoms with Crippen LogP contribution in [-0.2, 0) is 15.9 Å². The van der Waals surface area contributed by atoms with Crippen molar-refractivity contribution in [2.75, 3.05) is 6.61 Å². The topological polar surface area (TPSA) is 18.5 Å². The van der Waals surface area contributed by atoms with Gasteiger partial charge >= 0.3 is 0 Å². The summed E-state index contributed by atoms with van der Waals surface area (Å²) >= 11 is 0. The van der Waals surface area contributed by atoms with E-state index in [1.54, 1.807) is 0 Å². The van der Waals surface area contributed by atoms with Crippen molar-refractivity contribution >= 4 is 0 Å². The third-order valence-corrected chi connectivity index (χ3v) is 4.31. The number of ether oxygens (including phenoxy) is 2. The highest BCUT2D eigenvalue weighted by molar-refractivity contribution is 5.23. The normalized spacial score (nSPS) is 26.6. The molecule has 0 bridgehead atoms. The number of hydrogen-bond acceptors (Lipinski definition) is 2. The van der Waals surface area contributed by atoms with Crippen LogP contribution in [0.2, 0.25) is 0 Å². The molecule has 0 aliphatic carbocycles. The minimum absolute atomic E-state index is 0.183. The molecule has 2 nitrogen and oxygen atoms in total. The Balaban J connectivity index is 1.90. The summed E-state index contributed by atoms with van der Waals surface area (Å²) < 4.78 is 11.8. The maximum atomic E-state index is 5.99. The van der Waals surface area contributed by atoms with Crippen LogP contribution in [0.25, 0.3) is 0 Å². The van der Waals surface area contributed by atoms with E-state index in [9.17, 15) is 0 Å². The van der Waals surface area contributed by atoms with E-state index in [-0.39, 0.29) is 12.4 Å². The molecular weight excluding hydrogens is 248 g/mol. The van der Waals surface area contributed by atoms with Gasteiger partial charge in [0.05, 0.1) is 12.7 Å². The van der Waals surface area contributed by atoms with Gasteiger partial charge in [-0.15, -0.1) is 0 Å². The smallest absolute Gasteiger partial charge is 0.184 e. The van der Waals surface area contributed by atoms with Gasteiger partial charge in [-0.25, -0.2) is 0 Å². The first-order chi connectivity index (χ1) is 9.74. The number of unbranched alkanes of at least 4 members (excludes halogenated alkanes) is 2. The van der Waals surface area contributed by atoms with Crippen LogP contribution in [0, 0.1) is 5.92 Å². The summed E-state index contributed by atoms with van der Waals surface area (Å²) in [5.74, 6) is 0.527. The third kappa shape index (κ3) is 4.07. The molecule has 1 saturated heterocycles. The van der Waals surface area contributed by atoms with Gasteiger partial charge in [-0.2, -0.15) is 0 Å². The summed E-state index contributed by atoms with van der Waals surface area (Å²) in [5, 5.41) is 0. The Morgan fingerprint density at radius 2 is 1.85 bits per heavy atom. The van der Waals surface area contributed by atoms with Crippen molar-refractivity contribution in [1.29, 1.82) is 0 Å². The molecule has 112 valence electrons. The Labute approximate surface area is 123 Å². The summed E-state index contributed by atoms with van der Waals surface area (Å²) in [7, 11) is 0. The van der Waals surface area contributed by atoms with E-state index >= 15 is 0 Å². The number of aryl methyl sites for hydroxylation is 1. The summed E-state index contributed by atoms with van der Waals surface area (Å²) in [6.07, 6.45) is 6.26. The summed E-state index contributed by atoms with van der Waals surface area (Å²) in [6.45, 7) is 7.40. The molecule has 3 atom stereocenters. The van der Waals surface area contributed by atoms with Crippen LogP contribution in [0.4, 0.5) is 0 Å². The average molecular weight is 276 g/mol. The van der Waals surface area contributed by atoms with Gasteiger partial charge in [0.15, 0.2) is 6.29 Å². The molecule has 1 aromatic rings. The second-order valence-electron chi connectivity index (χ2n) is 5.87. The maximum Gasteiger partial charge on any atom is 0.184 e. The zero-order chi connectivity index (χ0) is 14.4. The van der Waals surface area contributed by atoms with Crippen LogP contribution < -0.4 is 0 Å². The van der Waals surface area contributed by atoms with Crippen LogP contribution in [0.3, 0.4) is 0 Å². The van der Waals surface area contributed by atoms with Crippen LogP contribution in [0.15, 0.2) is 24.3 Å². The van der Waals surface area contributed by atoms with Gasteiger partial charge in [0.2, 0.25) is 0 Å². The van der Waals surface area contributed by atoms with E-state index in [0.29, 0.717) is 5.92 Å². The molecule has 2 heteroatoms. The number of hydrogen-bond donors (Lipinski definition) is 0. The highest BCUT2D eigenvalue weighted by Crippen LogP contribution is 2.30. The molecule has 0 aromatic heterocycles. The molecule has 0 radical (unpaired) electrons. The molecule has 0 saturated carbocycles. The highest BCUT2D eigenvalue weighted by Gasteiger charge is 2.28. The molecule has 0 N–H and O–H groups in total. The average Bonchev–Trinajstić information content (AvgIpc) is 2.48. The lowest BCUT2D eigenvalue weighted by atomic mass is 10.00. The van der Waals surface area contributed by atoms with Crippen molar-refractivity contribution in [3.63, 3.8) is 0 Å². The van der Waals surface area contributed by atoms with Crippen molar-refractivity contribution in [1.82, 2.24) is 0 Å². The van der Waals surface area contributed by atoms with Gasteiger partial charge < -0.3 is 9.47 Å². The van der Waals surface area contributed by atoms with Gasteiger partial charge in [-0.3, -0.25) is 0 Å². The fourth-order valence-corrected chi connectivity index (χ4v) is 2.74. The zero-order valence-corrected chi connectivity index (χ0v) is 13.1. The number of benzene rings is 1. The van der Waals surface area contributed by atoms with E-state index in [1.807, 2.05) is 0 Å². The molecule has 3 unspecified atom stereocenters. The Hall–Kier alpha value is -0.860. The van der Waals surface area contributed by atoms with Gasteiger partial charge in [0.25, 0.3) is 0 Å². The van der Waals surface area contributed by atoms with Crippen LogP contribution in [-0.4, -0.2) is 12.7 Å². The molecule has 1 heterocycles. The molecule has 2 rings (SSSR count). The number of rotatable bonds is 6. The Morgan fingerprint density at radius 1 is 1.10 bits per heavy atom. The lowest BCUT2D eigenvalue weighted by Gasteiger charge is -2.34. The van der Waals surface area contributed by atoms with Crippen LogP contribution >= 0.6 is 0 Å². The standard InChI is InChI=1S/C18H28O2/c1-4-6-7-8-15-9-11-17(12-10-15)18-19-13-16(5-2)14(3)20-18/h9-12,14,16,18H,4-8,13H2,1-3H3. The molecule has 20 heavy (non-hydrogen) atoms. The predicted octanol–water partition coefficient (Wildman–Crippen LogP) is 4.88. The first kappa shape index (κ1) is 15.5. The highest BCUT2D eigenvalue weighted by atomic mass is 16.7. The maximum absolute atomic E-state index is 5.99. The first-order valence-corrected chi connectivity index (χ1v) is 8.10. The molecular formula is C18H28O2. The molecule has 0 spiro atoms. The summed E-state index contributed by atoms with van der Waals surface area (Å²) in [5.41, 5.74) is 2.56. The Kier molecular flexibility index (Phi) is 6.06. The quantitative estimate of drug-likeness (QED) is 0.689. The fourth-order valence-electron chi connectivity index (χ4n) is 2.74. The van der Waals surface area contributed by atoms with Gasteiger partial charge in [0, 0.05) is 11.5 Å². The van der Waals surface area contributed by atoms with E-state index in [4.69, 9.17) is 9.47 Å². The zero-order valence-electron chi connectivity index (χ0n) is 13.1. The van der Waals surface area contributed by atoms with E-state index < -0.39 is 0 Å². The van der Waals surface area contributed by atoms with Crippen molar-refractivity contribution in [2.24, 2.45) is 5.92 Å². The Bertz CT molecular complexity index is 385. The van der Waals surface area contributed by atoms with Gasteiger partial charge in [0.1, 0.15) is 0 Å². The fraction of sp³-hybridized carbons (Fsp3) is 0.667. The molecule has 1 aromatic carbocycles. The molecule has 1 fully saturated rings.